The summed E-state index contributed by atoms with van der Waals surface area (Å²) in [5, 5.41) is 10.5. The first-order valence-corrected chi connectivity index (χ1v) is 10.2. The molecule has 2 fully saturated rings. The van der Waals surface area contributed by atoms with Crippen LogP contribution < -0.4 is 4.90 Å². The number of rotatable bonds is 5. The normalized spacial score (nSPS) is 18.3. The molecule has 2 saturated heterocycles. The maximum absolute atomic E-state index is 12.7. The third-order valence-corrected chi connectivity index (χ3v) is 5.81. The highest BCUT2D eigenvalue weighted by Gasteiger charge is 2.35. The van der Waals surface area contributed by atoms with Crippen LogP contribution in [-0.4, -0.2) is 47.3 Å². The van der Waals surface area contributed by atoms with Gasteiger partial charge in [0.25, 0.3) is 16.8 Å². The van der Waals surface area contributed by atoms with Crippen molar-refractivity contribution in [2.75, 3.05) is 31.2 Å². The fourth-order valence-electron chi connectivity index (χ4n) is 3.34. The van der Waals surface area contributed by atoms with Crippen molar-refractivity contribution in [2.24, 2.45) is 0 Å². The van der Waals surface area contributed by atoms with Crippen molar-refractivity contribution in [1.29, 1.82) is 0 Å². The number of nitro benzene ring substituents is 1. The summed E-state index contributed by atoms with van der Waals surface area (Å²) in [7, 11) is 0. The van der Waals surface area contributed by atoms with Crippen LogP contribution in [0.25, 0.3) is 6.08 Å². The summed E-state index contributed by atoms with van der Waals surface area (Å²) in [5.74, 6) is -0.395. The number of nitrogens with zero attached hydrogens (tertiary/aromatic N) is 3. The molecule has 2 aliphatic heterocycles. The van der Waals surface area contributed by atoms with Gasteiger partial charge in [0.05, 0.1) is 29.6 Å². The van der Waals surface area contributed by atoms with E-state index >= 15 is 0 Å². The SMILES string of the molecule is O=C1S/C(=C\c2ccc(N3CCOCC3)cc2)C(=O)N1Cc1cccc([N+](=O)[O-])c1. The van der Waals surface area contributed by atoms with Gasteiger partial charge in [-0.3, -0.25) is 24.6 Å². The lowest BCUT2D eigenvalue weighted by Gasteiger charge is -2.28. The number of morpholine rings is 1. The van der Waals surface area contributed by atoms with Gasteiger partial charge in [0.1, 0.15) is 0 Å². The molecule has 4 rings (SSSR count). The summed E-state index contributed by atoms with van der Waals surface area (Å²) in [4.78, 5) is 39.2. The maximum atomic E-state index is 12.7. The molecule has 2 amide bonds. The Balaban J connectivity index is 1.47. The van der Waals surface area contributed by atoms with Gasteiger partial charge < -0.3 is 9.64 Å². The van der Waals surface area contributed by atoms with Gasteiger partial charge in [-0.2, -0.15) is 0 Å². The molecule has 154 valence electrons. The summed E-state index contributed by atoms with van der Waals surface area (Å²) in [6.07, 6.45) is 1.70. The molecule has 0 aromatic heterocycles. The Morgan fingerprint density at radius 1 is 1.10 bits per heavy atom. The van der Waals surface area contributed by atoms with Gasteiger partial charge in [-0.25, -0.2) is 0 Å². The van der Waals surface area contributed by atoms with Crippen molar-refractivity contribution in [2.45, 2.75) is 6.54 Å². The van der Waals surface area contributed by atoms with Gasteiger partial charge in [0.2, 0.25) is 0 Å². The summed E-state index contributed by atoms with van der Waals surface area (Å²) >= 11 is 0.876. The predicted octanol–water partition coefficient (Wildman–Crippen LogP) is 3.67. The molecule has 2 aliphatic rings. The van der Waals surface area contributed by atoms with E-state index in [1.54, 1.807) is 18.2 Å². The monoisotopic (exact) mass is 425 g/mol. The van der Waals surface area contributed by atoms with Crippen LogP contribution >= 0.6 is 11.8 Å². The minimum absolute atomic E-state index is 0.000342. The van der Waals surface area contributed by atoms with Crippen LogP contribution in [0.2, 0.25) is 0 Å². The van der Waals surface area contributed by atoms with Crippen LogP contribution in [-0.2, 0) is 16.1 Å². The number of anilines is 1. The molecule has 0 atom stereocenters. The Morgan fingerprint density at radius 2 is 1.83 bits per heavy atom. The van der Waals surface area contributed by atoms with Gasteiger partial charge >= 0.3 is 0 Å². The number of imide groups is 1. The first-order valence-electron chi connectivity index (χ1n) is 9.43. The lowest BCUT2D eigenvalue weighted by atomic mass is 10.1. The fraction of sp³-hybridized carbons (Fsp3) is 0.238. The zero-order valence-corrected chi connectivity index (χ0v) is 16.8. The number of non-ortho nitro benzene ring substituents is 1. The molecule has 2 heterocycles. The van der Waals surface area contributed by atoms with Crippen LogP contribution in [0, 0.1) is 10.1 Å². The quantitative estimate of drug-likeness (QED) is 0.410. The Kier molecular flexibility index (Phi) is 5.82. The minimum atomic E-state index is -0.502. The highest BCUT2D eigenvalue weighted by molar-refractivity contribution is 8.18. The topological polar surface area (TPSA) is 93.0 Å². The van der Waals surface area contributed by atoms with E-state index in [-0.39, 0.29) is 17.5 Å². The van der Waals surface area contributed by atoms with Crippen LogP contribution in [0.3, 0.4) is 0 Å². The van der Waals surface area contributed by atoms with Crippen molar-refractivity contribution in [3.8, 4) is 0 Å². The number of nitro groups is 1. The molecule has 0 aliphatic carbocycles. The van der Waals surface area contributed by atoms with Crippen molar-refractivity contribution in [1.82, 2.24) is 4.90 Å². The van der Waals surface area contributed by atoms with E-state index < -0.39 is 10.8 Å². The highest BCUT2D eigenvalue weighted by atomic mass is 32.2. The average Bonchev–Trinajstić information content (AvgIpc) is 3.02. The molecule has 2 aromatic carbocycles. The lowest BCUT2D eigenvalue weighted by Crippen LogP contribution is -2.36. The molecule has 0 N–H and O–H groups in total. The highest BCUT2D eigenvalue weighted by Crippen LogP contribution is 2.34. The number of carbonyl (C=O) groups is 2. The smallest absolute Gasteiger partial charge is 0.293 e. The number of amides is 2. The van der Waals surface area contributed by atoms with Crippen molar-refractivity contribution in [3.05, 3.63) is 74.7 Å². The third-order valence-electron chi connectivity index (χ3n) is 4.90. The molecule has 0 saturated carbocycles. The molecule has 0 spiro atoms. The molecular formula is C21H19N3O5S. The van der Waals surface area contributed by atoms with Gasteiger partial charge in [0.15, 0.2) is 0 Å². The lowest BCUT2D eigenvalue weighted by molar-refractivity contribution is -0.384. The van der Waals surface area contributed by atoms with Crippen LogP contribution in [0.4, 0.5) is 16.2 Å². The Bertz CT molecular complexity index is 1020. The molecule has 8 nitrogen and oxygen atoms in total. The van der Waals surface area contributed by atoms with Gasteiger partial charge in [0, 0.05) is 30.9 Å². The Morgan fingerprint density at radius 3 is 2.53 bits per heavy atom. The van der Waals surface area contributed by atoms with E-state index in [1.807, 2.05) is 24.3 Å². The minimum Gasteiger partial charge on any atom is -0.378 e. The van der Waals surface area contributed by atoms with E-state index in [2.05, 4.69) is 4.90 Å². The Hall–Kier alpha value is -3.17. The Labute approximate surface area is 177 Å². The van der Waals surface area contributed by atoms with Crippen molar-refractivity contribution >= 4 is 40.4 Å². The van der Waals surface area contributed by atoms with Crippen LogP contribution in [0.1, 0.15) is 11.1 Å². The second-order valence-electron chi connectivity index (χ2n) is 6.89. The molecular weight excluding hydrogens is 406 g/mol. The molecule has 9 heteroatoms. The predicted molar refractivity (Wildman–Crippen MR) is 114 cm³/mol. The van der Waals surface area contributed by atoms with E-state index in [0.717, 1.165) is 41.0 Å². The summed E-state index contributed by atoms with van der Waals surface area (Å²) in [6.45, 7) is 3.10. The van der Waals surface area contributed by atoms with E-state index in [1.165, 1.54) is 12.1 Å². The number of hydrogen-bond acceptors (Lipinski definition) is 7. The summed E-state index contributed by atoms with van der Waals surface area (Å²) in [5.41, 5.74) is 2.38. The van der Waals surface area contributed by atoms with Crippen LogP contribution in [0.5, 0.6) is 0 Å². The second kappa shape index (κ2) is 8.68. The van der Waals surface area contributed by atoms with Gasteiger partial charge in [-0.1, -0.05) is 24.3 Å². The van der Waals surface area contributed by atoms with E-state index in [0.29, 0.717) is 23.7 Å². The molecule has 2 aromatic rings. The number of hydrogen-bond donors (Lipinski definition) is 0. The van der Waals surface area contributed by atoms with Crippen molar-refractivity contribution < 1.29 is 19.2 Å². The summed E-state index contributed by atoms with van der Waals surface area (Å²) < 4.78 is 5.36. The largest absolute Gasteiger partial charge is 0.378 e. The van der Waals surface area contributed by atoms with Crippen LogP contribution in [0.15, 0.2) is 53.4 Å². The zero-order valence-electron chi connectivity index (χ0n) is 16.0. The molecule has 0 unspecified atom stereocenters. The maximum Gasteiger partial charge on any atom is 0.293 e. The first-order chi connectivity index (χ1) is 14.5. The van der Waals surface area contributed by atoms with E-state index in [4.69, 9.17) is 4.74 Å². The number of ether oxygens (including phenoxy) is 1. The first kappa shape index (κ1) is 20.1. The standard InChI is InChI=1S/C21H19N3O5S/c25-20-19(13-15-4-6-17(7-5-15)22-8-10-29-11-9-22)30-21(26)23(20)14-16-2-1-3-18(12-16)24(27)28/h1-7,12-13H,8-11,14H2/b19-13-. The number of thioether (sulfide) groups is 1. The third kappa shape index (κ3) is 4.37. The second-order valence-corrected chi connectivity index (χ2v) is 7.88. The van der Waals surface area contributed by atoms with Gasteiger partial charge in [-0.15, -0.1) is 0 Å². The molecule has 0 bridgehead atoms. The molecule has 30 heavy (non-hydrogen) atoms. The average molecular weight is 425 g/mol. The van der Waals surface area contributed by atoms with Crippen molar-refractivity contribution in [3.63, 3.8) is 0 Å². The molecule has 0 radical (unpaired) electrons. The number of carbonyl (C=O) groups excluding carboxylic acids is 2. The van der Waals surface area contributed by atoms with E-state index in [9.17, 15) is 19.7 Å². The summed E-state index contributed by atoms with van der Waals surface area (Å²) in [6, 6.07) is 13.8. The fourth-order valence-corrected chi connectivity index (χ4v) is 4.18. The van der Waals surface area contributed by atoms with Gasteiger partial charge in [-0.05, 0) is 41.1 Å². The number of benzene rings is 2. The zero-order chi connectivity index (χ0) is 21.1.